The number of rotatable bonds is 6. The Morgan fingerprint density at radius 1 is 1.18 bits per heavy atom. The summed E-state index contributed by atoms with van der Waals surface area (Å²) in [7, 11) is 0. The highest BCUT2D eigenvalue weighted by atomic mass is 16.2. The first kappa shape index (κ1) is 20.4. The summed E-state index contributed by atoms with van der Waals surface area (Å²) < 4.78 is 0. The summed E-state index contributed by atoms with van der Waals surface area (Å²) in [4.78, 5) is 27.0. The van der Waals surface area contributed by atoms with Crippen LogP contribution < -0.4 is 10.7 Å². The van der Waals surface area contributed by atoms with Crippen LogP contribution >= 0.6 is 0 Å². The smallest absolute Gasteiger partial charge is 0.245 e. The van der Waals surface area contributed by atoms with E-state index in [4.69, 9.17) is 0 Å². The molecule has 2 aliphatic heterocycles. The molecule has 0 bridgehead atoms. The van der Waals surface area contributed by atoms with Crippen molar-refractivity contribution in [3.63, 3.8) is 0 Å². The molecule has 0 aliphatic carbocycles. The lowest BCUT2D eigenvalue weighted by molar-refractivity contribution is -0.137. The first-order valence-electron chi connectivity index (χ1n) is 10.3. The SMILES string of the molecule is Cc1ccc(C2=CCC(=O)N(CC(=O)NCCN3C(C)CCCC3C)N2)cc1. The number of hydrogen-bond donors (Lipinski definition) is 2. The molecule has 2 amide bonds. The Hall–Kier alpha value is -2.34. The van der Waals surface area contributed by atoms with E-state index in [2.05, 4.69) is 29.5 Å². The molecule has 2 unspecified atom stereocenters. The second-order valence-corrected chi connectivity index (χ2v) is 8.00. The molecular formula is C22H32N4O2. The monoisotopic (exact) mass is 384 g/mol. The van der Waals surface area contributed by atoms with Gasteiger partial charge < -0.3 is 5.32 Å². The van der Waals surface area contributed by atoms with Crippen molar-refractivity contribution in [3.05, 3.63) is 41.5 Å². The van der Waals surface area contributed by atoms with E-state index >= 15 is 0 Å². The molecule has 6 nitrogen and oxygen atoms in total. The fourth-order valence-electron chi connectivity index (χ4n) is 4.04. The molecule has 1 saturated heterocycles. The predicted molar refractivity (Wildman–Crippen MR) is 111 cm³/mol. The van der Waals surface area contributed by atoms with Crippen LogP contribution in [0.5, 0.6) is 0 Å². The standard InChI is InChI=1S/C22H32N4O2/c1-16-7-9-19(10-8-16)20-11-12-22(28)26(24-20)15-21(27)23-13-14-25-17(2)5-4-6-18(25)3/h7-11,17-18,24H,4-6,12-15H2,1-3H3,(H,23,27). The third kappa shape index (κ3) is 5.13. The average Bonchev–Trinajstić information content (AvgIpc) is 2.66. The molecular weight excluding hydrogens is 352 g/mol. The normalized spacial score (nSPS) is 23.2. The second-order valence-electron chi connectivity index (χ2n) is 8.00. The number of likely N-dealkylation sites (tertiary alicyclic amines) is 1. The minimum atomic E-state index is -0.136. The average molecular weight is 385 g/mol. The van der Waals surface area contributed by atoms with Gasteiger partial charge in [-0.15, -0.1) is 0 Å². The molecule has 2 atom stereocenters. The van der Waals surface area contributed by atoms with E-state index in [1.54, 1.807) is 0 Å². The summed E-state index contributed by atoms with van der Waals surface area (Å²) >= 11 is 0. The van der Waals surface area contributed by atoms with Gasteiger partial charge in [-0.25, -0.2) is 5.01 Å². The van der Waals surface area contributed by atoms with Gasteiger partial charge in [0.1, 0.15) is 6.54 Å². The molecule has 2 heterocycles. The van der Waals surface area contributed by atoms with Gasteiger partial charge in [-0.2, -0.15) is 0 Å². The molecule has 3 rings (SSSR count). The largest absolute Gasteiger partial charge is 0.353 e. The highest BCUT2D eigenvalue weighted by Gasteiger charge is 2.25. The molecule has 28 heavy (non-hydrogen) atoms. The Bertz CT molecular complexity index is 719. The Morgan fingerprint density at radius 2 is 1.86 bits per heavy atom. The number of hydrogen-bond acceptors (Lipinski definition) is 4. The highest BCUT2D eigenvalue weighted by molar-refractivity contribution is 5.88. The molecule has 1 fully saturated rings. The van der Waals surface area contributed by atoms with Crippen LogP contribution in [0.25, 0.3) is 5.70 Å². The van der Waals surface area contributed by atoms with Crippen LogP contribution in [0.3, 0.4) is 0 Å². The predicted octanol–water partition coefficient (Wildman–Crippen LogP) is 2.45. The molecule has 0 spiro atoms. The van der Waals surface area contributed by atoms with Crippen molar-refractivity contribution in [2.24, 2.45) is 0 Å². The second kappa shape index (κ2) is 9.24. The first-order chi connectivity index (χ1) is 13.4. The van der Waals surface area contributed by atoms with Crippen LogP contribution in [0.2, 0.25) is 0 Å². The number of nitrogens with one attached hydrogen (secondary N) is 2. The van der Waals surface area contributed by atoms with Gasteiger partial charge in [0.25, 0.3) is 0 Å². The number of carbonyl (C=O) groups is 2. The number of amides is 2. The zero-order chi connectivity index (χ0) is 20.1. The Balaban J connectivity index is 1.48. The quantitative estimate of drug-likeness (QED) is 0.791. The van der Waals surface area contributed by atoms with Gasteiger partial charge in [-0.05, 0) is 45.3 Å². The van der Waals surface area contributed by atoms with Crippen LogP contribution in [-0.4, -0.2) is 53.4 Å². The van der Waals surface area contributed by atoms with E-state index < -0.39 is 0 Å². The number of hydrazine groups is 1. The van der Waals surface area contributed by atoms with Gasteiger partial charge in [0, 0.05) is 31.6 Å². The Labute approximate surface area is 167 Å². The maximum absolute atomic E-state index is 12.4. The number of nitrogens with zero attached hydrogens (tertiary/aromatic N) is 2. The third-order valence-electron chi connectivity index (χ3n) is 5.77. The molecule has 0 radical (unpaired) electrons. The molecule has 0 saturated carbocycles. The van der Waals surface area contributed by atoms with Crippen molar-refractivity contribution >= 4 is 17.5 Å². The van der Waals surface area contributed by atoms with Crippen LogP contribution in [-0.2, 0) is 9.59 Å². The summed E-state index contributed by atoms with van der Waals surface area (Å²) in [6.45, 7) is 8.03. The van der Waals surface area contributed by atoms with Gasteiger partial charge in [-0.3, -0.25) is 19.9 Å². The van der Waals surface area contributed by atoms with Crippen LogP contribution in [0.15, 0.2) is 30.3 Å². The van der Waals surface area contributed by atoms with E-state index in [-0.39, 0.29) is 18.4 Å². The van der Waals surface area contributed by atoms with Crippen LogP contribution in [0.1, 0.15) is 50.7 Å². The van der Waals surface area contributed by atoms with Crippen molar-refractivity contribution < 1.29 is 9.59 Å². The van der Waals surface area contributed by atoms with Crippen LogP contribution in [0.4, 0.5) is 0 Å². The number of piperidine rings is 1. The number of benzene rings is 1. The highest BCUT2D eigenvalue weighted by Crippen LogP contribution is 2.21. The lowest BCUT2D eigenvalue weighted by Gasteiger charge is -2.39. The summed E-state index contributed by atoms with van der Waals surface area (Å²) in [6.07, 6.45) is 5.90. The minimum Gasteiger partial charge on any atom is -0.353 e. The van der Waals surface area contributed by atoms with Crippen molar-refractivity contribution in [2.75, 3.05) is 19.6 Å². The van der Waals surface area contributed by atoms with E-state index in [0.717, 1.165) is 17.8 Å². The fourth-order valence-corrected chi connectivity index (χ4v) is 4.04. The molecule has 0 aromatic heterocycles. The van der Waals surface area contributed by atoms with Gasteiger partial charge in [0.05, 0.1) is 5.70 Å². The summed E-state index contributed by atoms with van der Waals surface area (Å²) in [6, 6.07) is 9.23. The Kier molecular flexibility index (Phi) is 6.73. The van der Waals surface area contributed by atoms with Crippen LogP contribution in [0, 0.1) is 6.92 Å². The summed E-state index contributed by atoms with van der Waals surface area (Å²) in [5.41, 5.74) is 6.16. The zero-order valence-corrected chi connectivity index (χ0v) is 17.2. The molecule has 2 N–H and O–H groups in total. The molecule has 152 valence electrons. The number of carbonyl (C=O) groups excluding carboxylic acids is 2. The van der Waals surface area contributed by atoms with Gasteiger partial charge in [0.2, 0.25) is 11.8 Å². The van der Waals surface area contributed by atoms with Crippen molar-refractivity contribution in [2.45, 2.75) is 58.5 Å². The van der Waals surface area contributed by atoms with E-state index in [1.807, 2.05) is 37.3 Å². The summed E-state index contributed by atoms with van der Waals surface area (Å²) in [5.74, 6) is -0.229. The van der Waals surface area contributed by atoms with Gasteiger partial charge in [-0.1, -0.05) is 36.2 Å². The topological polar surface area (TPSA) is 64.7 Å². The molecule has 6 heteroatoms. The maximum Gasteiger partial charge on any atom is 0.245 e. The van der Waals surface area contributed by atoms with E-state index in [0.29, 0.717) is 25.0 Å². The zero-order valence-electron chi connectivity index (χ0n) is 17.2. The maximum atomic E-state index is 12.4. The van der Waals surface area contributed by atoms with E-state index in [9.17, 15) is 9.59 Å². The van der Waals surface area contributed by atoms with E-state index in [1.165, 1.54) is 29.8 Å². The fraction of sp³-hybridized carbons (Fsp3) is 0.545. The molecule has 2 aliphatic rings. The molecule has 1 aromatic rings. The first-order valence-corrected chi connectivity index (χ1v) is 10.3. The minimum absolute atomic E-state index is 0.0210. The van der Waals surface area contributed by atoms with Crippen molar-refractivity contribution in [1.29, 1.82) is 0 Å². The van der Waals surface area contributed by atoms with Crippen molar-refractivity contribution in [1.82, 2.24) is 20.7 Å². The van der Waals surface area contributed by atoms with Crippen molar-refractivity contribution in [3.8, 4) is 0 Å². The number of aryl methyl sites for hydroxylation is 1. The van der Waals surface area contributed by atoms with Gasteiger partial charge >= 0.3 is 0 Å². The third-order valence-corrected chi connectivity index (χ3v) is 5.77. The lowest BCUT2D eigenvalue weighted by atomic mass is 9.98. The van der Waals surface area contributed by atoms with Gasteiger partial charge in [0.15, 0.2) is 0 Å². The molecule has 1 aromatic carbocycles. The summed E-state index contributed by atoms with van der Waals surface area (Å²) in [5, 5.41) is 4.38. The lowest BCUT2D eigenvalue weighted by Crippen LogP contribution is -2.51. The Morgan fingerprint density at radius 3 is 2.54 bits per heavy atom.